The first-order valence-electron chi connectivity index (χ1n) is 4.53. The first kappa shape index (κ1) is 13.0. The molecule has 1 amide bonds. The lowest BCUT2D eigenvalue weighted by atomic mass is 9.97. The van der Waals surface area contributed by atoms with Crippen LogP contribution in [0.5, 0.6) is 0 Å². The number of carbonyl (C=O) groups excluding carboxylic acids is 1. The van der Waals surface area contributed by atoms with E-state index in [1.54, 1.807) is 18.2 Å². The topological polar surface area (TPSA) is 54.5 Å². The Morgan fingerprint density at radius 1 is 1.29 bits per heavy atom. The van der Waals surface area contributed by atoms with Gasteiger partial charge in [0.25, 0.3) is 0 Å². The number of rotatable bonds is 2. The highest BCUT2D eigenvalue weighted by atomic mass is 35.7. The van der Waals surface area contributed by atoms with E-state index in [0.717, 1.165) is 0 Å². The Hall–Kier alpha value is -0.490. The van der Waals surface area contributed by atoms with E-state index in [1.807, 2.05) is 0 Å². The Bertz CT molecular complexity index is 587. The maximum atomic E-state index is 11.2. The largest absolute Gasteiger partial charge is 0.324 e. The van der Waals surface area contributed by atoms with Crippen molar-refractivity contribution in [2.75, 3.05) is 0 Å². The first-order valence-corrected chi connectivity index (χ1v) is 7.55. The molecular formula is C9H6Cl3NO3S. The van der Waals surface area contributed by atoms with Gasteiger partial charge in [0, 0.05) is 10.7 Å². The van der Waals surface area contributed by atoms with E-state index in [0.29, 0.717) is 14.9 Å². The summed E-state index contributed by atoms with van der Waals surface area (Å²) >= 11 is 11.8. The van der Waals surface area contributed by atoms with Gasteiger partial charge in [0.1, 0.15) is 0 Å². The summed E-state index contributed by atoms with van der Waals surface area (Å²) in [5, 5.41) is 0.535. The van der Waals surface area contributed by atoms with Crippen molar-refractivity contribution in [3.05, 3.63) is 33.8 Å². The summed E-state index contributed by atoms with van der Waals surface area (Å²) < 4.78 is 23.0. The van der Waals surface area contributed by atoms with Gasteiger partial charge in [0.15, 0.2) is 0 Å². The first-order chi connectivity index (χ1) is 7.82. The number of halogens is 3. The average molecular weight is 315 g/mol. The van der Waals surface area contributed by atoms with E-state index < -0.39 is 21.2 Å². The van der Waals surface area contributed by atoms with Crippen LogP contribution in [-0.2, 0) is 14.0 Å². The molecule has 0 bridgehead atoms. The molecule has 0 radical (unpaired) electrons. The van der Waals surface area contributed by atoms with E-state index in [9.17, 15) is 13.2 Å². The smallest absolute Gasteiger partial charge is 0.274 e. The number of nitrogens with zero attached hydrogens (tertiary/aromatic N) is 1. The number of amides is 1. The zero-order valence-electron chi connectivity index (χ0n) is 8.23. The maximum absolute atomic E-state index is 11.2. The van der Waals surface area contributed by atoms with Crippen LogP contribution in [0.1, 0.15) is 18.0 Å². The summed E-state index contributed by atoms with van der Waals surface area (Å²) in [4.78, 5) is 11.2. The van der Waals surface area contributed by atoms with Gasteiger partial charge >= 0.3 is 9.24 Å². The molecule has 1 aromatic carbocycles. The third-order valence-corrected chi connectivity index (χ3v) is 4.68. The van der Waals surface area contributed by atoms with Crippen molar-refractivity contribution in [1.29, 1.82) is 0 Å². The summed E-state index contributed by atoms with van der Waals surface area (Å²) in [7, 11) is 1.08. The molecule has 1 atom stereocenters. The van der Waals surface area contributed by atoms with Crippen molar-refractivity contribution in [1.82, 2.24) is 4.31 Å². The minimum Gasteiger partial charge on any atom is -0.274 e. The van der Waals surface area contributed by atoms with Crippen LogP contribution >= 0.6 is 33.9 Å². The van der Waals surface area contributed by atoms with E-state index in [1.165, 1.54) is 0 Å². The summed E-state index contributed by atoms with van der Waals surface area (Å²) in [5.41, 5.74) is 0.475. The van der Waals surface area contributed by atoms with E-state index in [-0.39, 0.29) is 11.4 Å². The van der Waals surface area contributed by atoms with Crippen molar-refractivity contribution in [3.63, 3.8) is 0 Å². The average Bonchev–Trinajstić information content (AvgIpc) is 2.16. The van der Waals surface area contributed by atoms with Crippen molar-refractivity contribution < 1.29 is 13.2 Å². The van der Waals surface area contributed by atoms with Gasteiger partial charge in [-0.15, -0.1) is 0 Å². The van der Waals surface area contributed by atoms with Crippen LogP contribution in [0.15, 0.2) is 18.2 Å². The Kier molecular flexibility index (Phi) is 3.29. The molecule has 8 heteroatoms. The zero-order chi connectivity index (χ0) is 12.8. The van der Waals surface area contributed by atoms with Crippen molar-refractivity contribution in [2.24, 2.45) is 0 Å². The van der Waals surface area contributed by atoms with Gasteiger partial charge in [-0.25, -0.2) is 4.31 Å². The SMILES string of the molecule is O=C1CC(c2cccc(Cl)c2Cl)N1S(=O)(=O)Cl. The highest BCUT2D eigenvalue weighted by Gasteiger charge is 2.45. The predicted octanol–water partition coefficient (Wildman–Crippen LogP) is 2.75. The molecule has 1 aliphatic heterocycles. The van der Waals surface area contributed by atoms with Gasteiger partial charge < -0.3 is 0 Å². The van der Waals surface area contributed by atoms with Crippen LogP contribution in [0.4, 0.5) is 0 Å². The molecule has 0 aromatic heterocycles. The fourth-order valence-corrected chi connectivity index (χ4v) is 3.45. The lowest BCUT2D eigenvalue weighted by Gasteiger charge is -2.37. The number of benzene rings is 1. The van der Waals surface area contributed by atoms with Gasteiger partial charge in [-0.05, 0) is 11.6 Å². The van der Waals surface area contributed by atoms with Crippen LogP contribution in [0.2, 0.25) is 10.0 Å². The second kappa shape index (κ2) is 4.31. The third kappa shape index (κ3) is 2.25. The quantitative estimate of drug-likeness (QED) is 0.623. The van der Waals surface area contributed by atoms with Crippen LogP contribution in [0.25, 0.3) is 0 Å². The Morgan fingerprint density at radius 2 is 1.94 bits per heavy atom. The molecule has 1 saturated heterocycles. The Labute approximate surface area is 113 Å². The number of β-lactam (4-membered cyclic amide) rings is 1. The van der Waals surface area contributed by atoms with Gasteiger partial charge in [-0.2, -0.15) is 8.42 Å². The van der Waals surface area contributed by atoms with Crippen molar-refractivity contribution >= 4 is 49.0 Å². The molecule has 0 N–H and O–H groups in total. The Balaban J connectivity index is 2.43. The van der Waals surface area contributed by atoms with Gasteiger partial charge in [-0.3, -0.25) is 4.79 Å². The Morgan fingerprint density at radius 3 is 2.47 bits per heavy atom. The molecule has 1 heterocycles. The minimum absolute atomic E-state index is 0.0476. The van der Waals surface area contributed by atoms with Crippen LogP contribution in [0.3, 0.4) is 0 Å². The molecule has 0 saturated carbocycles. The second-order valence-corrected chi connectivity index (χ2v) is 6.67. The van der Waals surface area contributed by atoms with Crippen LogP contribution in [-0.4, -0.2) is 18.6 Å². The summed E-state index contributed by atoms with van der Waals surface area (Å²) in [6.45, 7) is 0. The molecule has 2 rings (SSSR count). The van der Waals surface area contributed by atoms with Crippen LogP contribution < -0.4 is 0 Å². The summed E-state index contributed by atoms with van der Waals surface area (Å²) in [6.07, 6.45) is 0.0476. The summed E-state index contributed by atoms with van der Waals surface area (Å²) in [5.74, 6) is -0.555. The molecule has 92 valence electrons. The fourth-order valence-electron chi connectivity index (χ4n) is 1.69. The summed E-state index contributed by atoms with van der Waals surface area (Å²) in [6, 6.07) is 4.15. The third-order valence-electron chi connectivity index (χ3n) is 2.47. The molecule has 0 spiro atoms. The highest BCUT2D eigenvalue weighted by molar-refractivity contribution is 8.12. The molecule has 4 nitrogen and oxygen atoms in total. The minimum atomic E-state index is -4.09. The fraction of sp³-hybridized carbons (Fsp3) is 0.222. The maximum Gasteiger partial charge on any atom is 0.324 e. The molecule has 1 aromatic rings. The van der Waals surface area contributed by atoms with E-state index >= 15 is 0 Å². The lowest BCUT2D eigenvalue weighted by Crippen LogP contribution is -2.48. The molecule has 0 aliphatic carbocycles. The monoisotopic (exact) mass is 313 g/mol. The number of hydrogen-bond donors (Lipinski definition) is 0. The van der Waals surface area contributed by atoms with Crippen molar-refractivity contribution in [3.8, 4) is 0 Å². The van der Waals surface area contributed by atoms with Gasteiger partial charge in [-0.1, -0.05) is 35.3 Å². The van der Waals surface area contributed by atoms with Crippen molar-refractivity contribution in [2.45, 2.75) is 12.5 Å². The molecule has 17 heavy (non-hydrogen) atoms. The van der Waals surface area contributed by atoms with Crippen LogP contribution in [0, 0.1) is 0 Å². The number of hydrogen-bond acceptors (Lipinski definition) is 3. The second-order valence-electron chi connectivity index (χ2n) is 3.49. The van der Waals surface area contributed by atoms with Gasteiger partial charge in [0.2, 0.25) is 5.91 Å². The molecular weight excluding hydrogens is 309 g/mol. The van der Waals surface area contributed by atoms with Gasteiger partial charge in [0.05, 0.1) is 22.5 Å². The molecule has 1 unspecified atom stereocenters. The zero-order valence-corrected chi connectivity index (χ0v) is 11.3. The normalized spacial score (nSPS) is 20.3. The standard InChI is InChI=1S/C9H6Cl3NO3S/c10-6-3-1-2-5(9(6)11)7-4-8(14)13(7)17(12,15)16/h1-3,7H,4H2. The molecule has 1 aliphatic rings. The lowest BCUT2D eigenvalue weighted by molar-refractivity contribution is -0.137. The molecule has 1 fully saturated rings. The van der Waals surface area contributed by atoms with E-state index in [2.05, 4.69) is 0 Å². The number of carbonyl (C=O) groups is 1. The van der Waals surface area contributed by atoms with E-state index in [4.69, 9.17) is 33.9 Å². The predicted molar refractivity (Wildman–Crippen MR) is 65.4 cm³/mol. The highest BCUT2D eigenvalue weighted by Crippen LogP contribution is 2.42.